The van der Waals surface area contributed by atoms with Crippen molar-refractivity contribution in [2.24, 2.45) is 5.92 Å². The van der Waals surface area contributed by atoms with Crippen LogP contribution in [0.5, 0.6) is 0 Å². The lowest BCUT2D eigenvalue weighted by Crippen LogP contribution is -2.61. The monoisotopic (exact) mass is 522 g/mol. The average Bonchev–Trinajstić information content (AvgIpc) is 2.80. The van der Waals surface area contributed by atoms with E-state index in [9.17, 15) is 19.2 Å². The number of aryl methyl sites for hydroxylation is 2. The molecule has 4 rings (SSSR count). The number of anilines is 2. The van der Waals surface area contributed by atoms with Crippen molar-refractivity contribution in [3.8, 4) is 0 Å². The van der Waals surface area contributed by atoms with Gasteiger partial charge < -0.3 is 10.1 Å². The molecular weight excluding hydrogens is 500 g/mol. The molecule has 0 saturated carbocycles. The molecule has 2 aromatic rings. The van der Waals surface area contributed by atoms with E-state index in [0.717, 1.165) is 11.1 Å². The third-order valence-corrected chi connectivity index (χ3v) is 6.21. The summed E-state index contributed by atoms with van der Waals surface area (Å²) >= 11 is 10.6. The fourth-order valence-corrected chi connectivity index (χ4v) is 4.41. The molecule has 2 aliphatic heterocycles. The largest absolute Gasteiger partial charge is 0.441 e. The van der Waals surface area contributed by atoms with Crippen molar-refractivity contribution in [2.45, 2.75) is 27.0 Å². The van der Waals surface area contributed by atoms with Gasteiger partial charge in [0.1, 0.15) is 11.5 Å². The van der Waals surface area contributed by atoms with E-state index in [-0.39, 0.29) is 15.8 Å². The Bertz CT molecular complexity index is 1320. The molecule has 2 atom stereocenters. The molecule has 2 aliphatic rings. The summed E-state index contributed by atoms with van der Waals surface area (Å²) in [6.07, 6.45) is -0.0361. The van der Waals surface area contributed by atoms with E-state index < -0.39 is 35.8 Å². The molecule has 11 heteroatoms. The first kappa shape index (κ1) is 25.1. The molecule has 0 aliphatic carbocycles. The molecule has 0 radical (unpaired) electrons. The molecule has 2 heterocycles. The Morgan fingerprint density at radius 3 is 1.94 bits per heavy atom. The summed E-state index contributed by atoms with van der Waals surface area (Å²) in [6, 6.07) is 14.1. The number of benzene rings is 2. The Morgan fingerprint density at radius 1 is 0.889 bits per heavy atom. The van der Waals surface area contributed by atoms with Crippen molar-refractivity contribution in [1.82, 2.24) is 10.6 Å². The van der Waals surface area contributed by atoms with Gasteiger partial charge >= 0.3 is 5.97 Å². The van der Waals surface area contributed by atoms with Gasteiger partial charge in [0.2, 0.25) is 5.91 Å². The van der Waals surface area contributed by atoms with E-state index >= 15 is 0 Å². The molecule has 36 heavy (non-hydrogen) atoms. The lowest BCUT2D eigenvalue weighted by Gasteiger charge is -2.38. The van der Waals surface area contributed by atoms with Gasteiger partial charge in [-0.25, -0.2) is 0 Å². The van der Waals surface area contributed by atoms with Crippen LogP contribution in [0.2, 0.25) is 0 Å². The predicted molar refractivity (Wildman–Crippen MR) is 141 cm³/mol. The summed E-state index contributed by atoms with van der Waals surface area (Å²) in [5.74, 6) is -3.96. The highest BCUT2D eigenvalue weighted by Gasteiger charge is 2.43. The van der Waals surface area contributed by atoms with E-state index in [1.54, 1.807) is 36.4 Å². The van der Waals surface area contributed by atoms with Crippen molar-refractivity contribution in [3.05, 3.63) is 71.3 Å². The highest BCUT2D eigenvalue weighted by Crippen LogP contribution is 2.28. The highest BCUT2D eigenvalue weighted by atomic mass is 32.1. The first-order valence-corrected chi connectivity index (χ1v) is 11.7. The van der Waals surface area contributed by atoms with E-state index in [1.807, 2.05) is 26.0 Å². The van der Waals surface area contributed by atoms with E-state index in [2.05, 4.69) is 10.6 Å². The Kier molecular flexibility index (Phi) is 6.95. The maximum Gasteiger partial charge on any atom is 0.304 e. The molecule has 2 fully saturated rings. The van der Waals surface area contributed by atoms with E-state index in [1.165, 1.54) is 22.8 Å². The lowest BCUT2D eigenvalue weighted by atomic mass is 9.97. The topological polar surface area (TPSA) is 108 Å². The molecule has 0 spiro atoms. The quantitative estimate of drug-likeness (QED) is 0.273. The van der Waals surface area contributed by atoms with Crippen LogP contribution in [0.1, 0.15) is 18.1 Å². The minimum Gasteiger partial charge on any atom is -0.441 e. The lowest BCUT2D eigenvalue weighted by molar-refractivity contribution is -0.151. The molecule has 2 saturated heterocycles. The van der Waals surface area contributed by atoms with Gasteiger partial charge in [0, 0.05) is 6.92 Å². The minimum atomic E-state index is -1.24. The highest BCUT2D eigenvalue weighted by molar-refractivity contribution is 7.80. The van der Waals surface area contributed by atoms with Gasteiger partial charge in [0.25, 0.3) is 11.8 Å². The average molecular weight is 523 g/mol. The molecule has 0 bridgehead atoms. The van der Waals surface area contributed by atoms with Gasteiger partial charge in [0.05, 0.1) is 11.4 Å². The van der Waals surface area contributed by atoms with Gasteiger partial charge in [-0.3, -0.25) is 34.3 Å². The zero-order valence-corrected chi connectivity index (χ0v) is 21.2. The normalized spacial score (nSPS) is 21.4. The number of nitrogens with one attached hydrogen (secondary N) is 2. The molecule has 2 unspecified atom stereocenters. The molecule has 3 amide bonds. The van der Waals surface area contributed by atoms with E-state index in [4.69, 9.17) is 29.2 Å². The molecule has 0 aromatic heterocycles. The van der Waals surface area contributed by atoms with Crippen LogP contribution >= 0.6 is 24.4 Å². The number of amides is 3. The zero-order chi connectivity index (χ0) is 26.1. The van der Waals surface area contributed by atoms with Gasteiger partial charge in [-0.15, -0.1) is 0 Å². The summed E-state index contributed by atoms with van der Waals surface area (Å²) in [5.41, 5.74) is 2.57. The number of carbonyl (C=O) groups is 4. The fraction of sp³-hybridized carbons (Fsp3) is 0.200. The number of thiocarbonyl (C=S) groups is 2. The van der Waals surface area contributed by atoms with E-state index in [0.29, 0.717) is 11.4 Å². The first-order valence-electron chi connectivity index (χ1n) is 10.9. The summed E-state index contributed by atoms with van der Waals surface area (Å²) in [6.45, 7) is 4.98. The summed E-state index contributed by atoms with van der Waals surface area (Å²) < 4.78 is 5.29. The summed E-state index contributed by atoms with van der Waals surface area (Å²) in [4.78, 5) is 54.1. The molecular formula is C25H22N4O5S2. The Balaban J connectivity index is 1.75. The maximum atomic E-state index is 13.6. The smallest absolute Gasteiger partial charge is 0.304 e. The van der Waals surface area contributed by atoms with Crippen molar-refractivity contribution >= 4 is 69.7 Å². The second-order valence-corrected chi connectivity index (χ2v) is 9.10. The number of esters is 1. The Labute approximate surface area is 218 Å². The van der Waals surface area contributed by atoms with Crippen molar-refractivity contribution in [1.29, 1.82) is 0 Å². The number of ether oxygens (including phenoxy) is 1. The fourth-order valence-electron chi connectivity index (χ4n) is 3.82. The standard InChI is InChI=1S/C25H22N4O5S2/c1-13-4-8-16(9-5-13)28-22(32)18(20(31)26-24(28)35)12-19-21(34-15(3)30)27-25(36)29(23(19)33)17-10-6-14(2)7-11-17/h4-12,19,21H,1-3H3,(H,27,36)(H,26,31,35). The van der Waals surface area contributed by atoms with Crippen LogP contribution < -0.4 is 20.4 Å². The number of carbonyl (C=O) groups excluding carboxylic acids is 4. The van der Waals surface area contributed by atoms with Crippen molar-refractivity contribution < 1.29 is 23.9 Å². The SMILES string of the molecule is CC(=O)OC1NC(=S)N(c2ccc(C)cc2)C(=O)C1C=C1C(=O)NC(=S)N(c2ccc(C)cc2)C1=O. The number of hydrogen-bond acceptors (Lipinski definition) is 7. The Morgan fingerprint density at radius 2 is 1.42 bits per heavy atom. The second-order valence-electron chi connectivity index (χ2n) is 8.33. The van der Waals surface area contributed by atoms with Crippen molar-refractivity contribution in [3.63, 3.8) is 0 Å². The predicted octanol–water partition coefficient (Wildman–Crippen LogP) is 2.40. The first-order chi connectivity index (χ1) is 17.1. The maximum absolute atomic E-state index is 13.6. The Hall–Kier alpha value is -3.96. The minimum absolute atomic E-state index is 0.0200. The number of nitrogens with zero attached hydrogens (tertiary/aromatic N) is 2. The van der Waals surface area contributed by atoms with Gasteiger partial charge in [-0.2, -0.15) is 0 Å². The van der Waals surface area contributed by atoms with Crippen LogP contribution in [0, 0.1) is 19.8 Å². The van der Waals surface area contributed by atoms with Crippen LogP contribution in [0.25, 0.3) is 0 Å². The molecule has 184 valence electrons. The second kappa shape index (κ2) is 9.96. The number of hydrogen-bond donors (Lipinski definition) is 2. The van der Waals surface area contributed by atoms with Crippen LogP contribution in [-0.2, 0) is 23.9 Å². The molecule has 2 aromatic carbocycles. The third kappa shape index (κ3) is 4.88. The molecule has 9 nitrogen and oxygen atoms in total. The zero-order valence-electron chi connectivity index (χ0n) is 19.6. The summed E-state index contributed by atoms with van der Waals surface area (Å²) in [5, 5.41) is 5.26. The molecule has 2 N–H and O–H groups in total. The van der Waals surface area contributed by atoms with Crippen LogP contribution in [0.4, 0.5) is 11.4 Å². The van der Waals surface area contributed by atoms with Gasteiger partial charge in [-0.05, 0) is 68.6 Å². The van der Waals surface area contributed by atoms with Crippen LogP contribution in [0.15, 0.2) is 60.2 Å². The van der Waals surface area contributed by atoms with Gasteiger partial charge in [0.15, 0.2) is 16.5 Å². The van der Waals surface area contributed by atoms with Crippen LogP contribution in [0.3, 0.4) is 0 Å². The summed E-state index contributed by atoms with van der Waals surface area (Å²) in [7, 11) is 0. The van der Waals surface area contributed by atoms with Crippen LogP contribution in [-0.4, -0.2) is 40.1 Å². The third-order valence-electron chi connectivity index (χ3n) is 5.63. The number of rotatable bonds is 4. The van der Waals surface area contributed by atoms with Gasteiger partial charge in [-0.1, -0.05) is 35.4 Å². The van der Waals surface area contributed by atoms with Crippen molar-refractivity contribution in [2.75, 3.05) is 9.80 Å².